The molecule has 0 unspecified atom stereocenters. The number of hydrogen-bond donors (Lipinski definition) is 3. The minimum Gasteiger partial charge on any atom is -0.397 e. The van der Waals surface area contributed by atoms with E-state index in [4.69, 9.17) is 11.5 Å². The minimum absolute atomic E-state index is 0.134. The number of nitrogens with one attached hydrogen (secondary N) is 1. The highest BCUT2D eigenvalue weighted by molar-refractivity contribution is 7.19. The molecule has 0 aromatic carbocycles. The summed E-state index contributed by atoms with van der Waals surface area (Å²) in [6, 6.07) is 0.321. The third-order valence-corrected chi connectivity index (χ3v) is 5.19. The monoisotopic (exact) mass is 309 g/mol. The summed E-state index contributed by atoms with van der Waals surface area (Å²) in [6.07, 6.45) is 8.34. The van der Waals surface area contributed by atoms with Crippen LogP contribution in [0.3, 0.4) is 0 Å². The quantitative estimate of drug-likeness (QED) is 0.744. The Bertz CT molecular complexity index is 531. The molecular weight excluding hydrogens is 286 g/mol. The largest absolute Gasteiger partial charge is 0.397 e. The summed E-state index contributed by atoms with van der Waals surface area (Å²) >= 11 is 1.24. The number of primary amides is 1. The van der Waals surface area contributed by atoms with Crippen LogP contribution in [0.2, 0.25) is 0 Å². The van der Waals surface area contributed by atoms with Crippen molar-refractivity contribution in [2.45, 2.75) is 57.9 Å². The van der Waals surface area contributed by atoms with Crippen molar-refractivity contribution in [3.8, 4) is 0 Å². The van der Waals surface area contributed by atoms with Crippen LogP contribution >= 0.6 is 11.3 Å². The van der Waals surface area contributed by atoms with E-state index in [1.54, 1.807) is 0 Å². The van der Waals surface area contributed by atoms with Crippen molar-refractivity contribution >= 4 is 33.7 Å². The molecule has 1 aromatic heterocycles. The molecule has 116 valence electrons. The molecule has 1 aromatic rings. The van der Waals surface area contributed by atoms with Crippen LogP contribution in [0.25, 0.3) is 0 Å². The van der Waals surface area contributed by atoms with Gasteiger partial charge in [-0.1, -0.05) is 32.1 Å². The molecule has 5 N–H and O–H groups in total. The second-order valence-electron chi connectivity index (χ2n) is 5.66. The second kappa shape index (κ2) is 6.93. The van der Waals surface area contributed by atoms with Crippen LogP contribution in [0, 0.1) is 0 Å². The maximum Gasteiger partial charge on any atom is 0.253 e. The normalized spacial score (nSPS) is 17.0. The number of anilines is 2. The highest BCUT2D eigenvalue weighted by atomic mass is 32.1. The highest BCUT2D eigenvalue weighted by Crippen LogP contribution is 2.37. The summed E-state index contributed by atoms with van der Waals surface area (Å²) in [5, 5.41) is 4.05. The molecule has 1 saturated carbocycles. The maximum absolute atomic E-state index is 11.6. The molecule has 1 fully saturated rings. The Morgan fingerprint density at radius 3 is 2.24 bits per heavy atom. The van der Waals surface area contributed by atoms with Crippen LogP contribution in [0.1, 0.15) is 71.9 Å². The minimum atomic E-state index is -0.579. The lowest BCUT2D eigenvalue weighted by Crippen LogP contribution is -2.22. The van der Waals surface area contributed by atoms with Gasteiger partial charge in [-0.05, 0) is 12.8 Å². The van der Waals surface area contributed by atoms with E-state index in [1.165, 1.54) is 50.4 Å². The zero-order valence-electron chi connectivity index (χ0n) is 12.4. The van der Waals surface area contributed by atoms with E-state index in [0.29, 0.717) is 15.9 Å². The molecule has 1 amide bonds. The molecule has 5 nitrogen and oxygen atoms in total. The lowest BCUT2D eigenvalue weighted by Gasteiger charge is -2.21. The van der Waals surface area contributed by atoms with E-state index in [9.17, 15) is 9.59 Å². The van der Waals surface area contributed by atoms with Gasteiger partial charge in [-0.3, -0.25) is 9.59 Å². The van der Waals surface area contributed by atoms with Crippen LogP contribution < -0.4 is 16.8 Å². The molecule has 6 heteroatoms. The smallest absolute Gasteiger partial charge is 0.253 e. The summed E-state index contributed by atoms with van der Waals surface area (Å²) in [5.41, 5.74) is 11.8. The second-order valence-corrected chi connectivity index (χ2v) is 6.68. The first-order chi connectivity index (χ1) is 10.0. The van der Waals surface area contributed by atoms with Crippen molar-refractivity contribution in [1.82, 2.24) is 0 Å². The van der Waals surface area contributed by atoms with Gasteiger partial charge in [0.2, 0.25) is 0 Å². The Kier molecular flexibility index (Phi) is 5.22. The predicted octanol–water partition coefficient (Wildman–Crippen LogP) is 3.16. The first-order valence-electron chi connectivity index (χ1n) is 7.50. The Morgan fingerprint density at radius 2 is 1.71 bits per heavy atom. The van der Waals surface area contributed by atoms with Crippen molar-refractivity contribution in [2.24, 2.45) is 5.73 Å². The number of carbonyl (C=O) groups is 2. The lowest BCUT2D eigenvalue weighted by molar-refractivity contribution is 0.100. The number of amides is 1. The lowest BCUT2D eigenvalue weighted by atomic mass is 9.97. The van der Waals surface area contributed by atoms with E-state index < -0.39 is 5.91 Å². The fourth-order valence-corrected chi connectivity index (χ4v) is 3.94. The average Bonchev–Trinajstić information content (AvgIpc) is 2.69. The van der Waals surface area contributed by atoms with Gasteiger partial charge in [-0.25, -0.2) is 0 Å². The summed E-state index contributed by atoms with van der Waals surface area (Å²) < 4.78 is 0. The zero-order chi connectivity index (χ0) is 15.4. The van der Waals surface area contributed by atoms with Crippen molar-refractivity contribution in [1.29, 1.82) is 0 Å². The van der Waals surface area contributed by atoms with Gasteiger partial charge in [0.1, 0.15) is 5.00 Å². The number of ketones is 1. The first kappa shape index (κ1) is 15.8. The van der Waals surface area contributed by atoms with E-state index >= 15 is 0 Å². The van der Waals surface area contributed by atoms with E-state index in [2.05, 4.69) is 5.32 Å². The molecular formula is C15H23N3O2S. The van der Waals surface area contributed by atoms with Crippen LogP contribution in [-0.2, 0) is 0 Å². The molecule has 0 bridgehead atoms. The zero-order valence-corrected chi connectivity index (χ0v) is 13.2. The number of thiophene rings is 1. The Hall–Kier alpha value is -1.56. The molecule has 0 radical (unpaired) electrons. The highest BCUT2D eigenvalue weighted by Gasteiger charge is 2.24. The van der Waals surface area contributed by atoms with Crippen LogP contribution in [0.15, 0.2) is 0 Å². The average molecular weight is 309 g/mol. The Balaban J connectivity index is 2.23. The van der Waals surface area contributed by atoms with Crippen LogP contribution in [-0.4, -0.2) is 17.7 Å². The molecule has 0 aliphatic heterocycles. The molecule has 0 spiro atoms. The van der Waals surface area contributed by atoms with E-state index in [0.717, 1.165) is 12.8 Å². The molecule has 0 saturated heterocycles. The van der Waals surface area contributed by atoms with Gasteiger partial charge in [-0.15, -0.1) is 11.3 Å². The molecule has 0 atom stereocenters. The fourth-order valence-electron chi connectivity index (χ4n) is 2.84. The SMILES string of the molecule is CC(=O)c1sc(NC2CCCCCCC2)c(C(N)=O)c1N. The van der Waals surface area contributed by atoms with E-state index in [-0.39, 0.29) is 17.0 Å². The van der Waals surface area contributed by atoms with Gasteiger partial charge in [0, 0.05) is 13.0 Å². The third-order valence-electron chi connectivity index (χ3n) is 3.95. The van der Waals surface area contributed by atoms with Crippen molar-refractivity contribution in [3.05, 3.63) is 10.4 Å². The topological polar surface area (TPSA) is 98.2 Å². The Morgan fingerprint density at radius 1 is 1.14 bits per heavy atom. The molecule has 1 aliphatic carbocycles. The number of Topliss-reactive ketones (excluding diaryl/α,β-unsaturated/α-hetero) is 1. The molecule has 2 rings (SSSR count). The fraction of sp³-hybridized carbons (Fsp3) is 0.600. The summed E-state index contributed by atoms with van der Waals surface area (Å²) in [6.45, 7) is 1.45. The van der Waals surface area contributed by atoms with Gasteiger partial charge in [0.15, 0.2) is 5.78 Å². The predicted molar refractivity (Wildman–Crippen MR) is 87.0 cm³/mol. The third kappa shape index (κ3) is 3.75. The summed E-state index contributed by atoms with van der Waals surface area (Å²) in [7, 11) is 0. The van der Waals surface area contributed by atoms with E-state index in [1.807, 2.05) is 0 Å². The summed E-state index contributed by atoms with van der Waals surface area (Å²) in [5.74, 6) is -0.713. The van der Waals surface area contributed by atoms with Crippen molar-refractivity contribution < 1.29 is 9.59 Å². The van der Waals surface area contributed by atoms with Gasteiger partial charge in [0.05, 0.1) is 16.1 Å². The van der Waals surface area contributed by atoms with Crippen LogP contribution in [0.5, 0.6) is 0 Å². The number of nitrogen functional groups attached to an aromatic ring is 1. The number of carbonyl (C=O) groups excluding carboxylic acids is 2. The first-order valence-corrected chi connectivity index (χ1v) is 8.32. The Labute approximate surface area is 129 Å². The number of nitrogens with two attached hydrogens (primary N) is 2. The summed E-state index contributed by atoms with van der Waals surface area (Å²) in [4.78, 5) is 23.7. The number of rotatable bonds is 4. The van der Waals surface area contributed by atoms with Gasteiger partial charge >= 0.3 is 0 Å². The van der Waals surface area contributed by atoms with Gasteiger partial charge in [0.25, 0.3) is 5.91 Å². The van der Waals surface area contributed by atoms with Crippen molar-refractivity contribution in [3.63, 3.8) is 0 Å². The molecule has 1 heterocycles. The number of hydrogen-bond acceptors (Lipinski definition) is 5. The molecule has 1 aliphatic rings. The standard InChI is InChI=1S/C15H23N3O2S/c1-9(19)13-12(16)11(14(17)20)15(21-13)18-10-7-5-3-2-4-6-8-10/h10,18H,2-8,16H2,1H3,(H2,17,20). The van der Waals surface area contributed by atoms with Gasteiger partial charge in [-0.2, -0.15) is 0 Å². The van der Waals surface area contributed by atoms with Crippen LogP contribution in [0.4, 0.5) is 10.7 Å². The van der Waals surface area contributed by atoms with Crippen molar-refractivity contribution in [2.75, 3.05) is 11.1 Å². The maximum atomic E-state index is 11.6. The molecule has 21 heavy (non-hydrogen) atoms. The van der Waals surface area contributed by atoms with Gasteiger partial charge < -0.3 is 16.8 Å².